The summed E-state index contributed by atoms with van der Waals surface area (Å²) in [6.07, 6.45) is -0.128. The summed E-state index contributed by atoms with van der Waals surface area (Å²) in [7, 11) is 1.90. The molecular formula is C29H26N2O. The predicted molar refractivity (Wildman–Crippen MR) is 130 cm³/mol. The minimum absolute atomic E-state index is 0.0285. The highest BCUT2D eigenvalue weighted by atomic mass is 16.2. The average Bonchev–Trinajstić information content (AvgIpc) is 3.19. The van der Waals surface area contributed by atoms with Gasteiger partial charge in [-0.15, -0.1) is 0 Å². The molecule has 1 atom stereocenters. The second kappa shape index (κ2) is 8.81. The van der Waals surface area contributed by atoms with E-state index in [1.54, 1.807) is 0 Å². The van der Waals surface area contributed by atoms with Crippen molar-refractivity contribution in [1.29, 1.82) is 0 Å². The highest BCUT2D eigenvalue weighted by Gasteiger charge is 2.37. The van der Waals surface area contributed by atoms with E-state index in [2.05, 4.69) is 102 Å². The van der Waals surface area contributed by atoms with Crippen LogP contribution in [0.3, 0.4) is 0 Å². The van der Waals surface area contributed by atoms with Crippen LogP contribution in [-0.2, 0) is 4.79 Å². The fourth-order valence-electron chi connectivity index (χ4n) is 4.76. The largest absolute Gasteiger partial charge is 0.328 e. The van der Waals surface area contributed by atoms with Crippen LogP contribution in [-0.4, -0.2) is 30.6 Å². The zero-order valence-corrected chi connectivity index (χ0v) is 18.1. The van der Waals surface area contributed by atoms with Crippen molar-refractivity contribution in [3.63, 3.8) is 0 Å². The van der Waals surface area contributed by atoms with E-state index in [1.807, 2.05) is 24.1 Å². The third kappa shape index (κ3) is 3.72. The number of amides is 1. The van der Waals surface area contributed by atoms with Crippen molar-refractivity contribution in [3.8, 4) is 22.3 Å². The van der Waals surface area contributed by atoms with Gasteiger partial charge in [0.05, 0.1) is 12.7 Å². The Labute approximate surface area is 189 Å². The van der Waals surface area contributed by atoms with Crippen LogP contribution in [0.2, 0.25) is 0 Å². The van der Waals surface area contributed by atoms with E-state index in [0.717, 1.165) is 0 Å². The van der Waals surface area contributed by atoms with Crippen LogP contribution in [0.1, 0.15) is 17.0 Å². The monoisotopic (exact) mass is 418 g/mol. The van der Waals surface area contributed by atoms with E-state index in [0.29, 0.717) is 6.54 Å². The second-order valence-corrected chi connectivity index (χ2v) is 8.21. The van der Waals surface area contributed by atoms with Gasteiger partial charge in [-0.1, -0.05) is 109 Å². The number of benzene rings is 4. The van der Waals surface area contributed by atoms with Gasteiger partial charge < -0.3 is 4.90 Å². The Morgan fingerprint density at radius 2 is 1.12 bits per heavy atom. The number of nitrogens with one attached hydrogen (secondary N) is 1. The molecule has 3 nitrogen and oxygen atoms in total. The number of carbonyl (C=O) groups excluding carboxylic acids is 1. The van der Waals surface area contributed by atoms with Gasteiger partial charge in [-0.05, 0) is 33.4 Å². The Morgan fingerprint density at radius 1 is 0.688 bits per heavy atom. The zero-order chi connectivity index (χ0) is 21.9. The first-order valence-corrected chi connectivity index (χ1v) is 11.0. The number of hydrogen-bond donors (Lipinski definition) is 1. The number of nitrogens with zero attached hydrogens (tertiary/aromatic N) is 1. The van der Waals surface area contributed by atoms with Gasteiger partial charge in [-0.25, -0.2) is 0 Å². The molecule has 0 unspecified atom stereocenters. The van der Waals surface area contributed by atoms with Crippen LogP contribution in [0.4, 0.5) is 0 Å². The summed E-state index contributed by atoms with van der Waals surface area (Å²) in [6, 6.07) is 38.1. The van der Waals surface area contributed by atoms with E-state index in [-0.39, 0.29) is 18.0 Å². The molecule has 4 aromatic rings. The SMILES string of the molecule is CN1C(=O)CN[C@@H]1C(c1ccccc1-c1ccccc1)c1ccccc1-c1ccccc1. The molecule has 32 heavy (non-hydrogen) atoms. The molecule has 0 bridgehead atoms. The highest BCUT2D eigenvalue weighted by Crippen LogP contribution is 2.41. The summed E-state index contributed by atoms with van der Waals surface area (Å²) in [6.45, 7) is 0.360. The molecule has 158 valence electrons. The molecule has 0 spiro atoms. The summed E-state index contributed by atoms with van der Waals surface area (Å²) < 4.78 is 0. The van der Waals surface area contributed by atoms with Crippen LogP contribution >= 0.6 is 0 Å². The van der Waals surface area contributed by atoms with Crippen LogP contribution in [0.15, 0.2) is 109 Å². The van der Waals surface area contributed by atoms with Crippen molar-refractivity contribution in [1.82, 2.24) is 10.2 Å². The molecule has 4 aromatic carbocycles. The minimum Gasteiger partial charge on any atom is -0.328 e. The van der Waals surface area contributed by atoms with Crippen molar-refractivity contribution < 1.29 is 4.79 Å². The molecule has 1 saturated heterocycles. The van der Waals surface area contributed by atoms with Gasteiger partial charge in [0.25, 0.3) is 0 Å². The fourth-order valence-corrected chi connectivity index (χ4v) is 4.76. The molecule has 1 fully saturated rings. The van der Waals surface area contributed by atoms with Crippen molar-refractivity contribution >= 4 is 5.91 Å². The molecule has 3 heteroatoms. The van der Waals surface area contributed by atoms with E-state index >= 15 is 0 Å². The Kier molecular flexibility index (Phi) is 5.57. The summed E-state index contributed by atoms with van der Waals surface area (Å²) in [5, 5.41) is 3.49. The van der Waals surface area contributed by atoms with Crippen LogP contribution in [0.25, 0.3) is 22.3 Å². The maximum atomic E-state index is 12.5. The van der Waals surface area contributed by atoms with Gasteiger partial charge in [0.2, 0.25) is 5.91 Å². The molecule has 5 rings (SSSR count). The van der Waals surface area contributed by atoms with Gasteiger partial charge in [0.15, 0.2) is 0 Å². The Balaban J connectivity index is 1.74. The van der Waals surface area contributed by atoms with Gasteiger partial charge >= 0.3 is 0 Å². The third-order valence-electron chi connectivity index (χ3n) is 6.35. The molecule has 1 aliphatic heterocycles. The van der Waals surface area contributed by atoms with Crippen LogP contribution in [0, 0.1) is 0 Å². The van der Waals surface area contributed by atoms with Gasteiger partial charge in [-0.3, -0.25) is 10.1 Å². The molecule has 1 aliphatic rings. The van der Waals surface area contributed by atoms with Crippen LogP contribution < -0.4 is 5.32 Å². The molecule has 0 aromatic heterocycles. The summed E-state index contributed by atoms with van der Waals surface area (Å²) in [5.41, 5.74) is 7.16. The predicted octanol–water partition coefficient (Wildman–Crippen LogP) is 5.54. The molecule has 0 saturated carbocycles. The quantitative estimate of drug-likeness (QED) is 0.461. The molecular weight excluding hydrogens is 392 g/mol. The van der Waals surface area contributed by atoms with Crippen molar-refractivity contribution in [2.75, 3.05) is 13.6 Å². The van der Waals surface area contributed by atoms with E-state index in [4.69, 9.17) is 0 Å². The molecule has 1 amide bonds. The Bertz CT molecular complexity index is 1140. The van der Waals surface area contributed by atoms with Gasteiger partial charge in [-0.2, -0.15) is 0 Å². The molecule has 1 N–H and O–H groups in total. The van der Waals surface area contributed by atoms with E-state index in [9.17, 15) is 4.79 Å². The first-order valence-electron chi connectivity index (χ1n) is 11.0. The first kappa shape index (κ1) is 20.2. The normalized spacial score (nSPS) is 16.0. The fraction of sp³-hybridized carbons (Fsp3) is 0.138. The topological polar surface area (TPSA) is 32.3 Å². The maximum Gasteiger partial charge on any atom is 0.237 e. The van der Waals surface area contributed by atoms with Gasteiger partial charge in [0.1, 0.15) is 0 Å². The maximum absolute atomic E-state index is 12.5. The molecule has 1 heterocycles. The summed E-state index contributed by atoms with van der Waals surface area (Å²) >= 11 is 0. The summed E-state index contributed by atoms with van der Waals surface area (Å²) in [5.74, 6) is 0.0913. The van der Waals surface area contributed by atoms with E-state index < -0.39 is 0 Å². The lowest BCUT2D eigenvalue weighted by Gasteiger charge is -2.32. The first-order chi connectivity index (χ1) is 15.7. The lowest BCUT2D eigenvalue weighted by molar-refractivity contribution is -0.126. The highest BCUT2D eigenvalue weighted by molar-refractivity contribution is 5.81. The lowest BCUT2D eigenvalue weighted by Crippen LogP contribution is -2.40. The number of carbonyl (C=O) groups is 1. The average molecular weight is 419 g/mol. The van der Waals surface area contributed by atoms with E-state index in [1.165, 1.54) is 33.4 Å². The molecule has 0 radical (unpaired) electrons. The second-order valence-electron chi connectivity index (χ2n) is 8.21. The third-order valence-corrected chi connectivity index (χ3v) is 6.35. The van der Waals surface area contributed by atoms with Crippen molar-refractivity contribution in [2.45, 2.75) is 12.1 Å². The van der Waals surface area contributed by atoms with Crippen molar-refractivity contribution in [3.05, 3.63) is 120 Å². The van der Waals surface area contributed by atoms with Crippen LogP contribution in [0.5, 0.6) is 0 Å². The minimum atomic E-state index is -0.128. The van der Waals surface area contributed by atoms with Gasteiger partial charge in [0, 0.05) is 13.0 Å². The number of likely N-dealkylation sites (N-methyl/N-ethyl adjacent to an activating group) is 1. The van der Waals surface area contributed by atoms with Crippen molar-refractivity contribution in [2.24, 2.45) is 0 Å². The lowest BCUT2D eigenvalue weighted by atomic mass is 9.80. The number of rotatable bonds is 5. The molecule has 0 aliphatic carbocycles. The Morgan fingerprint density at radius 3 is 1.56 bits per heavy atom. The summed E-state index contributed by atoms with van der Waals surface area (Å²) in [4.78, 5) is 14.4. The Hall–Kier alpha value is -3.69. The number of hydrogen-bond acceptors (Lipinski definition) is 2. The zero-order valence-electron chi connectivity index (χ0n) is 18.1. The smallest absolute Gasteiger partial charge is 0.237 e. The standard InChI is InChI=1S/C29H26N2O/c1-31-27(32)20-30-29(31)28(25-18-10-8-16-23(25)21-12-4-2-5-13-21)26-19-11-9-17-24(26)22-14-6-3-7-15-22/h2-19,28-30H,20H2,1H3/t29-/m0/s1.